The summed E-state index contributed by atoms with van der Waals surface area (Å²) in [6.07, 6.45) is 1.79. The summed E-state index contributed by atoms with van der Waals surface area (Å²) >= 11 is 0. The summed E-state index contributed by atoms with van der Waals surface area (Å²) in [6.45, 7) is 13.4. The fourth-order valence-electron chi connectivity index (χ4n) is 4.76. The second-order valence-electron chi connectivity index (χ2n) is 8.11. The lowest BCUT2D eigenvalue weighted by Crippen LogP contribution is -2.66. The number of hydrogen-bond donors (Lipinski definition) is 2. The highest BCUT2D eigenvalue weighted by molar-refractivity contribution is 5.63. The van der Waals surface area contributed by atoms with Crippen LogP contribution < -0.4 is 9.80 Å². The molecule has 4 nitrogen and oxygen atoms in total. The number of nitrogens with zero attached hydrogens (tertiary/aromatic N) is 2. The van der Waals surface area contributed by atoms with Gasteiger partial charge in [-0.15, -0.1) is 0 Å². The molecule has 1 saturated heterocycles. The third-order valence-electron chi connectivity index (χ3n) is 6.60. The van der Waals surface area contributed by atoms with Gasteiger partial charge in [-0.05, 0) is 88.1 Å². The molecule has 152 valence electrons. The first-order valence-corrected chi connectivity index (χ1v) is 10.5. The van der Waals surface area contributed by atoms with Gasteiger partial charge in [-0.1, -0.05) is 13.8 Å². The Morgan fingerprint density at radius 3 is 1.25 bits per heavy atom. The summed E-state index contributed by atoms with van der Waals surface area (Å²) < 4.78 is 0. The van der Waals surface area contributed by atoms with Crippen molar-refractivity contribution in [1.82, 2.24) is 0 Å². The van der Waals surface area contributed by atoms with Crippen molar-refractivity contribution in [1.29, 1.82) is 0 Å². The van der Waals surface area contributed by atoms with E-state index in [1.54, 1.807) is 12.1 Å². The van der Waals surface area contributed by atoms with E-state index in [1.165, 1.54) is 22.5 Å². The van der Waals surface area contributed by atoms with Crippen LogP contribution >= 0.6 is 0 Å². The minimum Gasteiger partial charge on any atom is -0.508 e. The first-order chi connectivity index (χ1) is 13.3. The van der Waals surface area contributed by atoms with E-state index in [4.69, 9.17) is 0 Å². The maximum absolute atomic E-state index is 9.93. The smallest absolute Gasteiger partial charge is 0.116 e. The van der Waals surface area contributed by atoms with Crippen molar-refractivity contribution in [2.45, 2.75) is 78.6 Å². The Kier molecular flexibility index (Phi) is 5.78. The fourth-order valence-corrected chi connectivity index (χ4v) is 4.76. The minimum atomic E-state index is 0.305. The molecule has 0 radical (unpaired) electrons. The molecule has 1 heterocycles. The second-order valence-corrected chi connectivity index (χ2v) is 8.11. The standard InChI is InChI=1S/C24H34N2O2/c1-7-19-13-21(27)9-11-23(19)25-15(3)17(5)26(18(6)16(25)4)24-12-10-22(28)14-20(24)8-2/h9-18,27-28H,7-8H2,1-6H3. The van der Waals surface area contributed by atoms with Crippen LogP contribution in [-0.2, 0) is 12.8 Å². The predicted octanol–water partition coefficient (Wildman–Crippen LogP) is 5.10. The maximum atomic E-state index is 9.93. The van der Waals surface area contributed by atoms with Gasteiger partial charge in [0.1, 0.15) is 11.5 Å². The van der Waals surface area contributed by atoms with Crippen molar-refractivity contribution in [2.75, 3.05) is 9.80 Å². The quantitative estimate of drug-likeness (QED) is 0.772. The molecule has 4 atom stereocenters. The topological polar surface area (TPSA) is 46.9 Å². The van der Waals surface area contributed by atoms with Crippen LogP contribution in [-0.4, -0.2) is 34.4 Å². The highest BCUT2D eigenvalue weighted by Gasteiger charge is 2.41. The SMILES string of the molecule is CCc1cc(O)ccc1N1C(C)C(C)N(c2ccc(O)cc2CC)C(C)C1C. The van der Waals surface area contributed by atoms with Crippen molar-refractivity contribution in [3.8, 4) is 11.5 Å². The minimum absolute atomic E-state index is 0.305. The van der Waals surface area contributed by atoms with Crippen LogP contribution in [0.15, 0.2) is 36.4 Å². The van der Waals surface area contributed by atoms with E-state index in [9.17, 15) is 10.2 Å². The number of phenols is 2. The summed E-state index contributed by atoms with van der Waals surface area (Å²) in [5.41, 5.74) is 4.82. The van der Waals surface area contributed by atoms with Gasteiger partial charge in [-0.2, -0.15) is 0 Å². The molecule has 2 aromatic rings. The van der Waals surface area contributed by atoms with Crippen molar-refractivity contribution in [3.05, 3.63) is 47.5 Å². The van der Waals surface area contributed by atoms with Gasteiger partial charge in [-0.25, -0.2) is 0 Å². The van der Waals surface area contributed by atoms with Crippen LogP contribution in [0.4, 0.5) is 11.4 Å². The van der Waals surface area contributed by atoms with Gasteiger partial charge >= 0.3 is 0 Å². The van der Waals surface area contributed by atoms with Gasteiger partial charge in [-0.3, -0.25) is 0 Å². The van der Waals surface area contributed by atoms with E-state index in [0.717, 1.165) is 12.8 Å². The molecule has 28 heavy (non-hydrogen) atoms. The number of hydrogen-bond acceptors (Lipinski definition) is 4. The molecule has 0 amide bonds. The van der Waals surface area contributed by atoms with E-state index in [-0.39, 0.29) is 0 Å². The van der Waals surface area contributed by atoms with Gasteiger partial charge in [0.25, 0.3) is 0 Å². The number of phenolic OH excluding ortho intramolecular Hbond substituents is 2. The Morgan fingerprint density at radius 1 is 0.643 bits per heavy atom. The van der Waals surface area contributed by atoms with Gasteiger partial charge in [0.05, 0.1) is 0 Å². The average Bonchev–Trinajstić information content (AvgIpc) is 2.68. The molecule has 2 aromatic carbocycles. The molecule has 0 aromatic heterocycles. The van der Waals surface area contributed by atoms with E-state index < -0.39 is 0 Å². The lowest BCUT2D eigenvalue weighted by molar-refractivity contribution is 0.344. The van der Waals surface area contributed by atoms with Crippen molar-refractivity contribution in [2.24, 2.45) is 0 Å². The summed E-state index contributed by atoms with van der Waals surface area (Å²) in [4.78, 5) is 5.05. The zero-order valence-corrected chi connectivity index (χ0v) is 18.0. The van der Waals surface area contributed by atoms with Crippen LogP contribution in [0.25, 0.3) is 0 Å². The first kappa shape index (κ1) is 20.4. The van der Waals surface area contributed by atoms with E-state index in [2.05, 4.69) is 63.5 Å². The largest absolute Gasteiger partial charge is 0.508 e. The Hall–Kier alpha value is -2.36. The molecule has 4 unspecified atom stereocenters. The molecule has 2 N–H and O–H groups in total. The molecular formula is C24H34N2O2. The first-order valence-electron chi connectivity index (χ1n) is 10.5. The number of anilines is 2. The number of aryl methyl sites for hydroxylation is 2. The van der Waals surface area contributed by atoms with E-state index >= 15 is 0 Å². The van der Waals surface area contributed by atoms with E-state index in [1.807, 2.05) is 12.1 Å². The van der Waals surface area contributed by atoms with Crippen LogP contribution in [0.2, 0.25) is 0 Å². The number of aromatic hydroxyl groups is 2. The molecule has 1 fully saturated rings. The molecule has 1 aliphatic rings. The molecule has 0 aliphatic carbocycles. The number of rotatable bonds is 4. The van der Waals surface area contributed by atoms with Crippen LogP contribution in [0.3, 0.4) is 0 Å². The molecular weight excluding hydrogens is 348 g/mol. The van der Waals surface area contributed by atoms with Gasteiger partial charge in [0.15, 0.2) is 0 Å². The van der Waals surface area contributed by atoms with E-state index in [0.29, 0.717) is 35.7 Å². The lowest BCUT2D eigenvalue weighted by atomic mass is 9.90. The Balaban J connectivity index is 2.03. The van der Waals surface area contributed by atoms with Crippen molar-refractivity contribution in [3.63, 3.8) is 0 Å². The number of piperazine rings is 1. The Morgan fingerprint density at radius 2 is 0.964 bits per heavy atom. The third-order valence-corrected chi connectivity index (χ3v) is 6.60. The second kappa shape index (κ2) is 7.94. The molecule has 0 bridgehead atoms. The summed E-state index contributed by atoms with van der Waals surface area (Å²) in [5.74, 6) is 0.662. The number of benzene rings is 2. The normalized spacial score (nSPS) is 25.2. The average molecular weight is 383 g/mol. The lowest BCUT2D eigenvalue weighted by Gasteiger charge is -2.55. The maximum Gasteiger partial charge on any atom is 0.116 e. The molecule has 4 heteroatoms. The monoisotopic (exact) mass is 382 g/mol. The van der Waals surface area contributed by atoms with Crippen molar-refractivity contribution < 1.29 is 10.2 Å². The molecule has 1 aliphatic heterocycles. The zero-order chi connectivity index (χ0) is 20.6. The zero-order valence-electron chi connectivity index (χ0n) is 18.0. The molecule has 0 spiro atoms. The molecule has 0 saturated carbocycles. The highest BCUT2D eigenvalue weighted by Crippen LogP contribution is 2.39. The Labute approximate surface area is 169 Å². The van der Waals surface area contributed by atoms with Gasteiger partial charge in [0.2, 0.25) is 0 Å². The Bertz CT molecular complexity index is 750. The third kappa shape index (κ3) is 3.41. The summed E-state index contributed by atoms with van der Waals surface area (Å²) in [5, 5.41) is 19.9. The van der Waals surface area contributed by atoms with Crippen LogP contribution in [0, 0.1) is 0 Å². The van der Waals surface area contributed by atoms with Crippen LogP contribution in [0.1, 0.15) is 52.7 Å². The summed E-state index contributed by atoms with van der Waals surface area (Å²) in [7, 11) is 0. The highest BCUT2D eigenvalue weighted by atomic mass is 16.3. The predicted molar refractivity (Wildman–Crippen MR) is 118 cm³/mol. The summed E-state index contributed by atoms with van der Waals surface area (Å²) in [6, 6.07) is 12.7. The molecule has 3 rings (SSSR count). The fraction of sp³-hybridized carbons (Fsp3) is 0.500. The van der Waals surface area contributed by atoms with Crippen LogP contribution in [0.5, 0.6) is 11.5 Å². The van der Waals surface area contributed by atoms with Crippen molar-refractivity contribution >= 4 is 11.4 Å². The van der Waals surface area contributed by atoms with Gasteiger partial charge < -0.3 is 20.0 Å². The van der Waals surface area contributed by atoms with Gasteiger partial charge in [0, 0.05) is 35.5 Å².